The summed E-state index contributed by atoms with van der Waals surface area (Å²) in [5, 5.41) is 4.82. The Hall–Kier alpha value is -1.45. The van der Waals surface area contributed by atoms with Gasteiger partial charge in [0.05, 0.1) is 11.6 Å². The second-order valence-electron chi connectivity index (χ2n) is 5.22. The van der Waals surface area contributed by atoms with Gasteiger partial charge in [0.2, 0.25) is 0 Å². The number of fused-ring (bicyclic) bond motifs is 1. The molecule has 2 atom stereocenters. The number of methoxy groups -OCH3 is 1. The predicted octanol–water partition coefficient (Wildman–Crippen LogP) is 2.89. The molecule has 0 spiro atoms. The number of nitrogens with one attached hydrogen (secondary N) is 1. The van der Waals surface area contributed by atoms with Gasteiger partial charge in [0.15, 0.2) is 0 Å². The molecule has 0 bridgehead atoms. The molecule has 0 amide bonds. The molecule has 1 aromatic carbocycles. The van der Waals surface area contributed by atoms with Crippen LogP contribution in [0.5, 0.6) is 0 Å². The lowest BCUT2D eigenvalue weighted by Crippen LogP contribution is -2.36. The minimum absolute atomic E-state index is 0.377. The first-order valence-corrected chi connectivity index (χ1v) is 6.96. The van der Waals surface area contributed by atoms with Crippen LogP contribution in [-0.2, 0) is 11.3 Å². The van der Waals surface area contributed by atoms with Crippen molar-refractivity contribution in [2.75, 3.05) is 7.11 Å². The van der Waals surface area contributed by atoms with E-state index in [1.54, 1.807) is 0 Å². The van der Waals surface area contributed by atoms with Crippen LogP contribution < -0.4 is 5.32 Å². The third kappa shape index (κ3) is 2.77. The van der Waals surface area contributed by atoms with Crippen LogP contribution in [0.15, 0.2) is 36.5 Å². The zero-order valence-corrected chi connectivity index (χ0v) is 11.3. The zero-order valence-electron chi connectivity index (χ0n) is 11.3. The molecule has 1 aliphatic carbocycles. The van der Waals surface area contributed by atoms with Gasteiger partial charge in [-0.15, -0.1) is 0 Å². The maximum absolute atomic E-state index is 5.51. The highest BCUT2D eigenvalue weighted by molar-refractivity contribution is 5.78. The van der Waals surface area contributed by atoms with Crippen molar-refractivity contribution in [3.63, 3.8) is 0 Å². The number of benzene rings is 1. The Morgan fingerprint density at radius 3 is 3.16 bits per heavy atom. The summed E-state index contributed by atoms with van der Waals surface area (Å²) in [5.74, 6) is 0. The molecule has 0 saturated heterocycles. The highest BCUT2D eigenvalue weighted by atomic mass is 16.5. The molecule has 2 aromatic rings. The zero-order chi connectivity index (χ0) is 13.1. The van der Waals surface area contributed by atoms with Gasteiger partial charge >= 0.3 is 0 Å². The molecule has 1 heterocycles. The first kappa shape index (κ1) is 12.6. The number of ether oxygens (including phenoxy) is 1. The van der Waals surface area contributed by atoms with Gasteiger partial charge in [0.25, 0.3) is 0 Å². The van der Waals surface area contributed by atoms with Crippen molar-refractivity contribution >= 4 is 10.9 Å². The molecule has 3 rings (SSSR count). The Morgan fingerprint density at radius 1 is 1.32 bits per heavy atom. The second-order valence-corrected chi connectivity index (χ2v) is 5.22. The first-order valence-electron chi connectivity index (χ1n) is 6.96. The van der Waals surface area contributed by atoms with E-state index in [1.165, 1.54) is 30.2 Å². The van der Waals surface area contributed by atoms with Gasteiger partial charge in [-0.3, -0.25) is 4.98 Å². The second kappa shape index (κ2) is 5.68. The van der Waals surface area contributed by atoms with Crippen molar-refractivity contribution in [1.29, 1.82) is 0 Å². The van der Waals surface area contributed by atoms with Crippen molar-refractivity contribution < 1.29 is 4.74 Å². The van der Waals surface area contributed by atoms with Crippen LogP contribution in [0.3, 0.4) is 0 Å². The Morgan fingerprint density at radius 2 is 2.26 bits per heavy atom. The summed E-state index contributed by atoms with van der Waals surface area (Å²) >= 11 is 0. The molecule has 3 heteroatoms. The van der Waals surface area contributed by atoms with Crippen LogP contribution in [0.25, 0.3) is 10.9 Å². The molecular weight excluding hydrogens is 236 g/mol. The van der Waals surface area contributed by atoms with Crippen molar-refractivity contribution in [2.45, 2.75) is 38.0 Å². The smallest absolute Gasteiger partial charge is 0.0724 e. The summed E-state index contributed by atoms with van der Waals surface area (Å²) in [5.41, 5.74) is 2.36. The van der Waals surface area contributed by atoms with Crippen LogP contribution in [0.2, 0.25) is 0 Å². The minimum Gasteiger partial charge on any atom is -0.380 e. The monoisotopic (exact) mass is 256 g/mol. The van der Waals surface area contributed by atoms with Crippen LogP contribution in [0.1, 0.15) is 24.8 Å². The number of nitrogens with zero attached hydrogens (tertiary/aromatic N) is 1. The highest BCUT2D eigenvalue weighted by Crippen LogP contribution is 2.22. The van der Waals surface area contributed by atoms with Crippen LogP contribution >= 0.6 is 0 Å². The largest absolute Gasteiger partial charge is 0.380 e. The van der Waals surface area contributed by atoms with E-state index in [0.717, 1.165) is 12.1 Å². The summed E-state index contributed by atoms with van der Waals surface area (Å²) in [6.07, 6.45) is 5.87. The number of pyridine rings is 1. The molecular formula is C16H20N2O. The van der Waals surface area contributed by atoms with E-state index in [2.05, 4.69) is 34.6 Å². The SMILES string of the molecule is COC1CCCC1NCc1ccc2ncccc2c1. The normalized spacial score (nSPS) is 23.0. The Kier molecular flexibility index (Phi) is 3.76. The highest BCUT2D eigenvalue weighted by Gasteiger charge is 2.26. The fourth-order valence-electron chi connectivity index (χ4n) is 2.93. The van der Waals surface area contributed by atoms with E-state index >= 15 is 0 Å². The molecule has 0 radical (unpaired) electrons. The third-order valence-electron chi connectivity index (χ3n) is 3.99. The molecule has 1 N–H and O–H groups in total. The van der Waals surface area contributed by atoms with E-state index in [-0.39, 0.29) is 0 Å². The quantitative estimate of drug-likeness (QED) is 0.913. The van der Waals surface area contributed by atoms with Gasteiger partial charge in [-0.1, -0.05) is 12.1 Å². The van der Waals surface area contributed by atoms with E-state index in [1.807, 2.05) is 19.4 Å². The topological polar surface area (TPSA) is 34.1 Å². The first-order chi connectivity index (χ1) is 9.36. The van der Waals surface area contributed by atoms with Crippen molar-refractivity contribution in [3.05, 3.63) is 42.1 Å². The standard InChI is InChI=1S/C16H20N2O/c1-19-16-6-2-5-15(16)18-11-12-7-8-14-13(10-12)4-3-9-17-14/h3-4,7-10,15-16,18H,2,5-6,11H2,1H3. The van der Waals surface area contributed by atoms with E-state index in [9.17, 15) is 0 Å². The lowest BCUT2D eigenvalue weighted by molar-refractivity contribution is 0.0847. The molecule has 2 unspecified atom stereocenters. The predicted molar refractivity (Wildman–Crippen MR) is 77.0 cm³/mol. The van der Waals surface area contributed by atoms with Gasteiger partial charge in [0.1, 0.15) is 0 Å². The summed E-state index contributed by atoms with van der Waals surface area (Å²) in [7, 11) is 1.81. The Balaban J connectivity index is 1.68. The third-order valence-corrected chi connectivity index (χ3v) is 3.99. The van der Waals surface area contributed by atoms with Crippen molar-refractivity contribution in [1.82, 2.24) is 10.3 Å². The fourth-order valence-corrected chi connectivity index (χ4v) is 2.93. The Labute approximate surface area is 114 Å². The van der Waals surface area contributed by atoms with E-state index in [4.69, 9.17) is 4.74 Å². The minimum atomic E-state index is 0.377. The van der Waals surface area contributed by atoms with Gasteiger partial charge in [-0.2, -0.15) is 0 Å². The number of aromatic nitrogens is 1. The average molecular weight is 256 g/mol. The fraction of sp³-hybridized carbons (Fsp3) is 0.438. The summed E-state index contributed by atoms with van der Waals surface area (Å²) in [6.45, 7) is 0.898. The lowest BCUT2D eigenvalue weighted by atomic mass is 10.1. The maximum atomic E-state index is 5.51. The van der Waals surface area contributed by atoms with Crippen LogP contribution in [0, 0.1) is 0 Å². The van der Waals surface area contributed by atoms with Gasteiger partial charge in [0, 0.05) is 31.3 Å². The molecule has 19 heavy (non-hydrogen) atoms. The van der Waals surface area contributed by atoms with Crippen LogP contribution in [-0.4, -0.2) is 24.2 Å². The van der Waals surface area contributed by atoms with Gasteiger partial charge in [-0.25, -0.2) is 0 Å². The van der Waals surface area contributed by atoms with Crippen molar-refractivity contribution in [2.24, 2.45) is 0 Å². The molecule has 1 fully saturated rings. The number of hydrogen-bond donors (Lipinski definition) is 1. The van der Waals surface area contributed by atoms with Crippen molar-refractivity contribution in [3.8, 4) is 0 Å². The number of hydrogen-bond acceptors (Lipinski definition) is 3. The summed E-state index contributed by atoms with van der Waals surface area (Å²) in [6, 6.07) is 11.0. The summed E-state index contributed by atoms with van der Waals surface area (Å²) in [4.78, 5) is 4.34. The van der Waals surface area contributed by atoms with Crippen LogP contribution in [0.4, 0.5) is 0 Å². The molecule has 1 saturated carbocycles. The lowest BCUT2D eigenvalue weighted by Gasteiger charge is -2.19. The molecule has 100 valence electrons. The average Bonchev–Trinajstić information content (AvgIpc) is 2.92. The molecule has 1 aromatic heterocycles. The molecule has 0 aliphatic heterocycles. The van der Waals surface area contributed by atoms with E-state index < -0.39 is 0 Å². The van der Waals surface area contributed by atoms with E-state index in [0.29, 0.717) is 12.1 Å². The Bertz CT molecular complexity index is 555. The summed E-state index contributed by atoms with van der Waals surface area (Å²) < 4.78 is 5.51. The van der Waals surface area contributed by atoms with Gasteiger partial charge in [-0.05, 0) is 43.0 Å². The maximum Gasteiger partial charge on any atom is 0.0724 e. The molecule has 1 aliphatic rings. The van der Waals surface area contributed by atoms with Gasteiger partial charge < -0.3 is 10.1 Å². The molecule has 3 nitrogen and oxygen atoms in total. The number of rotatable bonds is 4.